The van der Waals surface area contributed by atoms with Crippen molar-refractivity contribution in [2.75, 3.05) is 13.1 Å². The van der Waals surface area contributed by atoms with Gasteiger partial charge in [-0.05, 0) is 18.2 Å². The van der Waals surface area contributed by atoms with Gasteiger partial charge in [-0.2, -0.15) is 4.80 Å². The molecule has 2 aromatic rings. The molecule has 0 radical (unpaired) electrons. The van der Waals surface area contributed by atoms with Crippen molar-refractivity contribution in [3.63, 3.8) is 0 Å². The molecule has 0 bridgehead atoms. The molecule has 0 fully saturated rings. The molecule has 0 aliphatic carbocycles. The third-order valence-corrected chi connectivity index (χ3v) is 2.93. The third-order valence-electron chi connectivity index (χ3n) is 2.93. The average molecular weight is 259 g/mol. The van der Waals surface area contributed by atoms with Crippen LogP contribution in [-0.4, -0.2) is 33.3 Å². The molecule has 0 amide bonds. The van der Waals surface area contributed by atoms with Crippen LogP contribution >= 0.6 is 0 Å². The minimum absolute atomic E-state index is 0.687. The van der Waals surface area contributed by atoms with Gasteiger partial charge in [-0.1, -0.05) is 50.1 Å². The molecule has 19 heavy (non-hydrogen) atoms. The zero-order chi connectivity index (χ0) is 13.3. The SMILES string of the molecule is CCCCCNCCn1nnc(-c2ccccc2)n1. The fourth-order valence-electron chi connectivity index (χ4n) is 1.84. The van der Waals surface area contributed by atoms with Crippen LogP contribution in [0, 0.1) is 0 Å². The molecule has 1 heterocycles. The van der Waals surface area contributed by atoms with Gasteiger partial charge in [0.2, 0.25) is 5.82 Å². The van der Waals surface area contributed by atoms with Crippen molar-refractivity contribution >= 4 is 0 Å². The smallest absolute Gasteiger partial charge is 0.204 e. The van der Waals surface area contributed by atoms with E-state index in [1.54, 1.807) is 4.80 Å². The van der Waals surface area contributed by atoms with Gasteiger partial charge < -0.3 is 5.32 Å². The second-order valence-electron chi connectivity index (χ2n) is 4.53. The number of benzene rings is 1. The third kappa shape index (κ3) is 4.44. The number of tetrazole rings is 1. The van der Waals surface area contributed by atoms with E-state index in [-0.39, 0.29) is 0 Å². The molecule has 0 aliphatic heterocycles. The van der Waals surface area contributed by atoms with Crippen molar-refractivity contribution in [3.05, 3.63) is 30.3 Å². The van der Waals surface area contributed by atoms with Gasteiger partial charge >= 0.3 is 0 Å². The van der Waals surface area contributed by atoms with Gasteiger partial charge in [-0.3, -0.25) is 0 Å². The van der Waals surface area contributed by atoms with Gasteiger partial charge in [-0.15, -0.1) is 10.2 Å². The van der Waals surface area contributed by atoms with Gasteiger partial charge in [0.1, 0.15) is 0 Å². The molecule has 0 spiro atoms. The van der Waals surface area contributed by atoms with Gasteiger partial charge in [0, 0.05) is 12.1 Å². The van der Waals surface area contributed by atoms with Crippen LogP contribution in [0.15, 0.2) is 30.3 Å². The van der Waals surface area contributed by atoms with E-state index in [1.165, 1.54) is 19.3 Å². The quantitative estimate of drug-likeness (QED) is 0.738. The highest BCUT2D eigenvalue weighted by molar-refractivity contribution is 5.52. The number of nitrogens with zero attached hydrogens (tertiary/aromatic N) is 4. The van der Waals surface area contributed by atoms with Crippen molar-refractivity contribution in [1.29, 1.82) is 0 Å². The van der Waals surface area contributed by atoms with Gasteiger partial charge in [-0.25, -0.2) is 0 Å². The zero-order valence-electron chi connectivity index (χ0n) is 11.4. The maximum absolute atomic E-state index is 4.37. The number of aromatic nitrogens is 4. The minimum atomic E-state index is 0.687. The Morgan fingerprint density at radius 1 is 1.11 bits per heavy atom. The lowest BCUT2D eigenvalue weighted by atomic mass is 10.2. The van der Waals surface area contributed by atoms with Crippen molar-refractivity contribution in [3.8, 4) is 11.4 Å². The number of rotatable bonds is 8. The van der Waals surface area contributed by atoms with Crippen LogP contribution in [0.5, 0.6) is 0 Å². The molecule has 0 atom stereocenters. The van der Waals surface area contributed by atoms with E-state index in [4.69, 9.17) is 0 Å². The normalized spacial score (nSPS) is 10.8. The maximum atomic E-state index is 4.37. The molecule has 0 unspecified atom stereocenters. The summed E-state index contributed by atoms with van der Waals surface area (Å²) < 4.78 is 0. The molecular formula is C14H21N5. The lowest BCUT2D eigenvalue weighted by molar-refractivity contribution is 0.486. The monoisotopic (exact) mass is 259 g/mol. The van der Waals surface area contributed by atoms with Crippen LogP contribution in [-0.2, 0) is 6.54 Å². The van der Waals surface area contributed by atoms with E-state index in [1.807, 2.05) is 30.3 Å². The van der Waals surface area contributed by atoms with Crippen LogP contribution in [0.3, 0.4) is 0 Å². The van der Waals surface area contributed by atoms with E-state index < -0.39 is 0 Å². The van der Waals surface area contributed by atoms with Gasteiger partial charge in [0.15, 0.2) is 0 Å². The largest absolute Gasteiger partial charge is 0.315 e. The van der Waals surface area contributed by atoms with Crippen LogP contribution in [0.4, 0.5) is 0 Å². The Balaban J connectivity index is 1.75. The first-order valence-electron chi connectivity index (χ1n) is 6.94. The standard InChI is InChI=1S/C14H21N5/c1-2-3-7-10-15-11-12-19-17-14(16-18-19)13-8-5-4-6-9-13/h4-6,8-9,15H,2-3,7,10-12H2,1H3. The van der Waals surface area contributed by atoms with Crippen LogP contribution < -0.4 is 5.32 Å². The van der Waals surface area contributed by atoms with Crippen molar-refractivity contribution in [1.82, 2.24) is 25.5 Å². The van der Waals surface area contributed by atoms with Crippen molar-refractivity contribution < 1.29 is 0 Å². The summed E-state index contributed by atoms with van der Waals surface area (Å²) in [7, 11) is 0. The predicted molar refractivity (Wildman–Crippen MR) is 75.6 cm³/mol. The number of hydrogen-bond acceptors (Lipinski definition) is 4. The Bertz CT molecular complexity index is 466. The zero-order valence-corrected chi connectivity index (χ0v) is 11.4. The Kier molecular flexibility index (Phi) is 5.49. The van der Waals surface area contributed by atoms with Crippen LogP contribution in [0.25, 0.3) is 11.4 Å². The average Bonchev–Trinajstić information content (AvgIpc) is 2.92. The van der Waals surface area contributed by atoms with E-state index in [0.29, 0.717) is 5.82 Å². The van der Waals surface area contributed by atoms with E-state index in [9.17, 15) is 0 Å². The van der Waals surface area contributed by atoms with E-state index in [0.717, 1.165) is 25.2 Å². The first-order valence-corrected chi connectivity index (χ1v) is 6.94. The molecule has 1 aromatic carbocycles. The summed E-state index contributed by atoms with van der Waals surface area (Å²) >= 11 is 0. The Morgan fingerprint density at radius 3 is 2.74 bits per heavy atom. The minimum Gasteiger partial charge on any atom is -0.315 e. The summed E-state index contributed by atoms with van der Waals surface area (Å²) in [5.41, 5.74) is 1.00. The van der Waals surface area contributed by atoms with E-state index >= 15 is 0 Å². The second-order valence-corrected chi connectivity index (χ2v) is 4.53. The summed E-state index contributed by atoms with van der Waals surface area (Å²) in [6, 6.07) is 9.92. The number of unbranched alkanes of at least 4 members (excludes halogenated alkanes) is 2. The Labute approximate surface area is 114 Å². The number of nitrogens with one attached hydrogen (secondary N) is 1. The van der Waals surface area contributed by atoms with Crippen molar-refractivity contribution in [2.45, 2.75) is 32.7 Å². The Hall–Kier alpha value is -1.75. The predicted octanol–water partition coefficient (Wildman–Crippen LogP) is 2.12. The molecule has 0 saturated heterocycles. The molecule has 1 N–H and O–H groups in total. The lowest BCUT2D eigenvalue weighted by Gasteiger charge is -2.02. The Morgan fingerprint density at radius 2 is 1.95 bits per heavy atom. The fraction of sp³-hybridized carbons (Fsp3) is 0.500. The van der Waals surface area contributed by atoms with Crippen LogP contribution in [0.1, 0.15) is 26.2 Å². The summed E-state index contributed by atoms with van der Waals surface area (Å²) in [5, 5.41) is 15.9. The highest BCUT2D eigenvalue weighted by atomic mass is 15.6. The van der Waals surface area contributed by atoms with Gasteiger partial charge in [0.05, 0.1) is 6.54 Å². The summed E-state index contributed by atoms with van der Waals surface area (Å²) in [4.78, 5) is 1.65. The topological polar surface area (TPSA) is 55.6 Å². The molecule has 5 heteroatoms. The highest BCUT2D eigenvalue weighted by Gasteiger charge is 2.04. The number of hydrogen-bond donors (Lipinski definition) is 1. The first-order chi connectivity index (χ1) is 9.40. The van der Waals surface area contributed by atoms with Crippen molar-refractivity contribution in [2.24, 2.45) is 0 Å². The molecule has 5 nitrogen and oxygen atoms in total. The van der Waals surface area contributed by atoms with Crippen LogP contribution in [0.2, 0.25) is 0 Å². The summed E-state index contributed by atoms with van der Waals surface area (Å²) in [6.45, 7) is 4.92. The van der Waals surface area contributed by atoms with E-state index in [2.05, 4.69) is 27.7 Å². The van der Waals surface area contributed by atoms with Gasteiger partial charge in [0.25, 0.3) is 0 Å². The summed E-state index contributed by atoms with van der Waals surface area (Å²) in [6.07, 6.45) is 3.77. The highest BCUT2D eigenvalue weighted by Crippen LogP contribution is 2.11. The summed E-state index contributed by atoms with van der Waals surface area (Å²) in [5.74, 6) is 0.687. The molecule has 2 rings (SSSR count). The molecular weight excluding hydrogens is 238 g/mol. The lowest BCUT2D eigenvalue weighted by Crippen LogP contribution is -2.22. The fourth-order valence-corrected chi connectivity index (χ4v) is 1.84. The second kappa shape index (κ2) is 7.63. The first kappa shape index (κ1) is 13.7. The molecule has 0 saturated carbocycles. The molecule has 102 valence electrons. The molecule has 1 aromatic heterocycles. The molecule has 0 aliphatic rings. The maximum Gasteiger partial charge on any atom is 0.204 e.